The van der Waals surface area contributed by atoms with Crippen molar-refractivity contribution in [3.63, 3.8) is 0 Å². The van der Waals surface area contributed by atoms with Gasteiger partial charge in [-0.25, -0.2) is 0 Å². The molecule has 0 aliphatic rings. The number of phenols is 1. The van der Waals surface area contributed by atoms with Gasteiger partial charge in [-0.05, 0) is 54.8 Å². The highest BCUT2D eigenvalue weighted by molar-refractivity contribution is 5.86. The molecule has 3 heteroatoms. The van der Waals surface area contributed by atoms with Crippen LogP contribution >= 0.6 is 0 Å². The molecule has 138 valence electrons. The van der Waals surface area contributed by atoms with E-state index < -0.39 is 5.60 Å². The van der Waals surface area contributed by atoms with Crippen LogP contribution in [0.4, 0.5) is 0 Å². The third kappa shape index (κ3) is 4.89. The Hall–Kier alpha value is -2.80. The largest absolute Gasteiger partial charge is 0.507 e. The first-order valence-electron chi connectivity index (χ1n) is 9.12. The first-order valence-corrected chi connectivity index (χ1v) is 9.12. The molecule has 3 nitrogen and oxygen atoms in total. The van der Waals surface area contributed by atoms with E-state index in [0.29, 0.717) is 12.1 Å². The number of aromatic hydroxyl groups is 1. The van der Waals surface area contributed by atoms with Crippen molar-refractivity contribution in [1.29, 1.82) is 0 Å². The second-order valence-corrected chi connectivity index (χ2v) is 7.33. The summed E-state index contributed by atoms with van der Waals surface area (Å²) >= 11 is 0. The number of phenolic OH excluding ortho intramolecular Hbond substituents is 1. The molecule has 3 aromatic rings. The van der Waals surface area contributed by atoms with Crippen molar-refractivity contribution in [3.05, 3.63) is 77.4 Å². The standard InChI is InChI=1S/C24H25NO2/c1-17(21-10-6-8-19-7-4-5-9-22(19)21)25-16-18-11-12-20(23(26)15-18)13-14-24(2,3)27/h4-12,15,17,25-27H,16H2,1-3H3/t17-/m1/s1. The highest BCUT2D eigenvalue weighted by atomic mass is 16.3. The minimum absolute atomic E-state index is 0.129. The molecule has 0 spiro atoms. The minimum atomic E-state index is -1.08. The molecule has 27 heavy (non-hydrogen) atoms. The average Bonchev–Trinajstić information content (AvgIpc) is 2.64. The SMILES string of the molecule is C[C@@H](NCc1ccc(C#CC(C)(C)O)c(O)c1)c1cccc2ccccc12. The highest BCUT2D eigenvalue weighted by Crippen LogP contribution is 2.25. The highest BCUT2D eigenvalue weighted by Gasteiger charge is 2.10. The summed E-state index contributed by atoms with van der Waals surface area (Å²) in [6, 6.07) is 20.3. The average molecular weight is 359 g/mol. The van der Waals surface area contributed by atoms with Gasteiger partial charge in [-0.2, -0.15) is 0 Å². The third-order valence-corrected chi connectivity index (χ3v) is 4.47. The maximum absolute atomic E-state index is 10.2. The predicted molar refractivity (Wildman–Crippen MR) is 110 cm³/mol. The Kier molecular flexibility index (Phi) is 5.51. The number of nitrogens with one attached hydrogen (secondary N) is 1. The Morgan fingerprint density at radius 1 is 1.04 bits per heavy atom. The summed E-state index contributed by atoms with van der Waals surface area (Å²) in [4.78, 5) is 0. The number of aliphatic hydroxyl groups is 1. The second kappa shape index (κ2) is 7.84. The molecule has 0 aliphatic heterocycles. The topological polar surface area (TPSA) is 52.5 Å². The van der Waals surface area contributed by atoms with Crippen LogP contribution in [0.2, 0.25) is 0 Å². The summed E-state index contributed by atoms with van der Waals surface area (Å²) in [5, 5.41) is 25.9. The van der Waals surface area contributed by atoms with Gasteiger partial charge >= 0.3 is 0 Å². The molecule has 3 N–H and O–H groups in total. The minimum Gasteiger partial charge on any atom is -0.507 e. The first-order chi connectivity index (χ1) is 12.8. The molecule has 1 atom stereocenters. The number of fused-ring (bicyclic) bond motifs is 1. The summed E-state index contributed by atoms with van der Waals surface area (Å²) in [5.41, 5.74) is 1.67. The molecule has 0 saturated heterocycles. The van der Waals surface area contributed by atoms with Crippen LogP contribution in [0.5, 0.6) is 5.75 Å². The summed E-state index contributed by atoms with van der Waals surface area (Å²) < 4.78 is 0. The normalized spacial score (nSPS) is 12.4. The van der Waals surface area contributed by atoms with Gasteiger partial charge in [0.25, 0.3) is 0 Å². The lowest BCUT2D eigenvalue weighted by Crippen LogP contribution is -2.18. The van der Waals surface area contributed by atoms with Gasteiger partial charge in [0.1, 0.15) is 11.4 Å². The Balaban J connectivity index is 1.72. The summed E-state index contributed by atoms with van der Waals surface area (Å²) in [6.45, 7) is 6.01. The Bertz CT molecular complexity index is 1000. The van der Waals surface area contributed by atoms with Crippen LogP contribution in [0.15, 0.2) is 60.7 Å². The van der Waals surface area contributed by atoms with E-state index in [1.54, 1.807) is 26.0 Å². The Morgan fingerprint density at radius 3 is 2.52 bits per heavy atom. The van der Waals surface area contributed by atoms with E-state index in [4.69, 9.17) is 0 Å². The van der Waals surface area contributed by atoms with Crippen molar-refractivity contribution < 1.29 is 10.2 Å². The number of hydrogen-bond acceptors (Lipinski definition) is 3. The lowest BCUT2D eigenvalue weighted by atomic mass is 9.99. The lowest BCUT2D eigenvalue weighted by molar-refractivity contribution is 0.143. The van der Waals surface area contributed by atoms with Crippen LogP contribution in [0.3, 0.4) is 0 Å². The van der Waals surface area contributed by atoms with Crippen LogP contribution < -0.4 is 5.32 Å². The maximum atomic E-state index is 10.2. The second-order valence-electron chi connectivity index (χ2n) is 7.33. The molecule has 0 saturated carbocycles. The molecule has 0 fully saturated rings. The van der Waals surface area contributed by atoms with Crippen LogP contribution in [0.1, 0.15) is 43.5 Å². The number of rotatable bonds is 4. The van der Waals surface area contributed by atoms with E-state index >= 15 is 0 Å². The lowest BCUT2D eigenvalue weighted by Gasteiger charge is -2.17. The van der Waals surface area contributed by atoms with Gasteiger partial charge in [0.15, 0.2) is 0 Å². The van der Waals surface area contributed by atoms with Crippen molar-refractivity contribution in [2.24, 2.45) is 0 Å². The molecule has 0 radical (unpaired) electrons. The van der Waals surface area contributed by atoms with Crippen LogP contribution in [0.25, 0.3) is 10.8 Å². The van der Waals surface area contributed by atoms with E-state index in [-0.39, 0.29) is 11.8 Å². The summed E-state index contributed by atoms with van der Waals surface area (Å²) in [6.07, 6.45) is 0. The van der Waals surface area contributed by atoms with Crippen molar-refractivity contribution in [2.45, 2.75) is 39.0 Å². The van der Waals surface area contributed by atoms with E-state index in [2.05, 4.69) is 66.5 Å². The van der Waals surface area contributed by atoms with Gasteiger partial charge in [0.2, 0.25) is 0 Å². The van der Waals surface area contributed by atoms with Gasteiger partial charge in [-0.1, -0.05) is 60.4 Å². The van der Waals surface area contributed by atoms with Crippen molar-refractivity contribution >= 4 is 10.8 Å². The molecule has 3 aromatic carbocycles. The fraction of sp³-hybridized carbons (Fsp3) is 0.250. The zero-order chi connectivity index (χ0) is 19.4. The van der Waals surface area contributed by atoms with E-state index in [9.17, 15) is 10.2 Å². The first kappa shape index (κ1) is 19.0. The quantitative estimate of drug-likeness (QED) is 0.601. The Labute approximate surface area is 160 Å². The maximum Gasteiger partial charge on any atom is 0.131 e. The number of benzene rings is 3. The van der Waals surface area contributed by atoms with E-state index in [1.807, 2.05) is 6.07 Å². The fourth-order valence-corrected chi connectivity index (χ4v) is 3.02. The summed E-state index contributed by atoms with van der Waals surface area (Å²) in [5.74, 6) is 5.67. The predicted octanol–water partition coefficient (Wildman–Crippen LogP) is 4.52. The van der Waals surface area contributed by atoms with E-state index in [1.165, 1.54) is 16.3 Å². The molecule has 0 unspecified atom stereocenters. The molecule has 0 heterocycles. The number of hydrogen-bond donors (Lipinski definition) is 3. The fourth-order valence-electron chi connectivity index (χ4n) is 3.02. The van der Waals surface area contributed by atoms with Crippen molar-refractivity contribution in [1.82, 2.24) is 5.32 Å². The Morgan fingerprint density at radius 2 is 1.78 bits per heavy atom. The van der Waals surface area contributed by atoms with E-state index in [0.717, 1.165) is 5.56 Å². The van der Waals surface area contributed by atoms with Crippen molar-refractivity contribution in [3.8, 4) is 17.6 Å². The van der Waals surface area contributed by atoms with Crippen LogP contribution in [-0.2, 0) is 6.54 Å². The zero-order valence-electron chi connectivity index (χ0n) is 16.0. The van der Waals surface area contributed by atoms with Crippen LogP contribution in [0, 0.1) is 11.8 Å². The molecule has 0 aromatic heterocycles. The monoisotopic (exact) mass is 359 g/mol. The van der Waals surface area contributed by atoms with Gasteiger partial charge in [-0.15, -0.1) is 0 Å². The van der Waals surface area contributed by atoms with Gasteiger partial charge in [0.05, 0.1) is 5.56 Å². The molecule has 0 amide bonds. The van der Waals surface area contributed by atoms with Gasteiger partial charge < -0.3 is 15.5 Å². The van der Waals surface area contributed by atoms with Crippen molar-refractivity contribution in [2.75, 3.05) is 0 Å². The van der Waals surface area contributed by atoms with Gasteiger partial charge in [-0.3, -0.25) is 0 Å². The molecular weight excluding hydrogens is 334 g/mol. The van der Waals surface area contributed by atoms with Crippen LogP contribution in [-0.4, -0.2) is 15.8 Å². The molecular formula is C24H25NO2. The van der Waals surface area contributed by atoms with Gasteiger partial charge in [0, 0.05) is 12.6 Å². The molecule has 0 bridgehead atoms. The smallest absolute Gasteiger partial charge is 0.131 e. The third-order valence-electron chi connectivity index (χ3n) is 4.47. The summed E-state index contributed by atoms with van der Waals surface area (Å²) in [7, 11) is 0. The molecule has 0 aliphatic carbocycles. The molecule has 3 rings (SSSR count). The zero-order valence-corrected chi connectivity index (χ0v) is 16.0.